The third-order valence-electron chi connectivity index (χ3n) is 3.62. The van der Waals surface area contributed by atoms with Gasteiger partial charge in [-0.05, 0) is 37.0 Å². The second kappa shape index (κ2) is 7.04. The molecule has 3 nitrogen and oxygen atoms in total. The van der Waals surface area contributed by atoms with E-state index in [4.69, 9.17) is 0 Å². The minimum Gasteiger partial charge on any atom is -0.480 e. The molecule has 2 N–H and O–H groups in total. The highest BCUT2D eigenvalue weighted by Gasteiger charge is 2.17. The number of carbonyl (C=O) groups is 1. The van der Waals surface area contributed by atoms with Crippen molar-refractivity contribution in [3.8, 4) is 0 Å². The average molecular weight is 283 g/mol. The third-order valence-corrected chi connectivity index (χ3v) is 3.62. The number of aryl methyl sites for hydroxylation is 2. The van der Waals surface area contributed by atoms with Gasteiger partial charge in [-0.15, -0.1) is 0 Å². The Hall–Kier alpha value is -2.13. The Morgan fingerprint density at radius 2 is 1.86 bits per heavy atom. The molecule has 3 heteroatoms. The van der Waals surface area contributed by atoms with Crippen LogP contribution < -0.4 is 5.32 Å². The Labute approximate surface area is 125 Å². The molecule has 0 fully saturated rings. The molecule has 0 radical (unpaired) electrons. The summed E-state index contributed by atoms with van der Waals surface area (Å²) in [6, 6.07) is 15.4. The summed E-state index contributed by atoms with van der Waals surface area (Å²) in [5, 5.41) is 12.5. The Balaban J connectivity index is 2.03. The van der Waals surface area contributed by atoms with Crippen molar-refractivity contribution in [2.45, 2.75) is 32.9 Å². The lowest BCUT2D eigenvalue weighted by molar-refractivity contribution is -0.139. The van der Waals surface area contributed by atoms with Crippen molar-refractivity contribution < 1.29 is 9.90 Å². The van der Waals surface area contributed by atoms with E-state index in [1.165, 1.54) is 11.1 Å². The molecule has 0 aliphatic rings. The Kier molecular flexibility index (Phi) is 5.12. The SMILES string of the molecule is Cc1ccc(C)c(CNC(Cc2ccccc2)C(=O)O)c1. The van der Waals surface area contributed by atoms with E-state index in [0.717, 1.165) is 11.1 Å². The van der Waals surface area contributed by atoms with Gasteiger partial charge in [-0.25, -0.2) is 0 Å². The summed E-state index contributed by atoms with van der Waals surface area (Å²) in [6.07, 6.45) is 0.487. The van der Waals surface area contributed by atoms with E-state index >= 15 is 0 Å². The summed E-state index contributed by atoms with van der Waals surface area (Å²) < 4.78 is 0. The van der Waals surface area contributed by atoms with Crippen molar-refractivity contribution in [2.75, 3.05) is 0 Å². The summed E-state index contributed by atoms with van der Waals surface area (Å²) in [6.45, 7) is 4.66. The molecule has 0 heterocycles. The maximum absolute atomic E-state index is 11.4. The normalized spacial score (nSPS) is 12.1. The molecule has 0 spiro atoms. The summed E-state index contributed by atoms with van der Waals surface area (Å²) in [4.78, 5) is 11.4. The first-order chi connectivity index (χ1) is 10.1. The van der Waals surface area contributed by atoms with E-state index in [1.54, 1.807) is 0 Å². The van der Waals surface area contributed by atoms with Gasteiger partial charge in [0, 0.05) is 6.54 Å². The first kappa shape index (κ1) is 15.3. The third kappa shape index (κ3) is 4.43. The number of hydrogen-bond donors (Lipinski definition) is 2. The lowest BCUT2D eigenvalue weighted by atomic mass is 10.0. The number of aliphatic carboxylic acids is 1. The minimum absolute atomic E-state index is 0.487. The van der Waals surface area contributed by atoms with Crippen LogP contribution in [0, 0.1) is 13.8 Å². The van der Waals surface area contributed by atoms with Gasteiger partial charge in [0.15, 0.2) is 0 Å². The molecule has 1 unspecified atom stereocenters. The number of benzene rings is 2. The average Bonchev–Trinajstić information content (AvgIpc) is 2.47. The second-order valence-corrected chi connectivity index (χ2v) is 5.39. The van der Waals surface area contributed by atoms with Crippen LogP contribution in [-0.4, -0.2) is 17.1 Å². The van der Waals surface area contributed by atoms with Crippen LogP contribution in [0.3, 0.4) is 0 Å². The fourth-order valence-electron chi connectivity index (χ4n) is 2.32. The standard InChI is InChI=1S/C18H21NO2/c1-13-8-9-14(2)16(10-13)12-19-17(18(20)21)11-15-6-4-3-5-7-15/h3-10,17,19H,11-12H2,1-2H3,(H,20,21). The van der Waals surface area contributed by atoms with Gasteiger partial charge in [0.2, 0.25) is 0 Å². The number of hydrogen-bond acceptors (Lipinski definition) is 2. The lowest BCUT2D eigenvalue weighted by Crippen LogP contribution is -2.38. The fourth-order valence-corrected chi connectivity index (χ4v) is 2.32. The van der Waals surface area contributed by atoms with E-state index in [-0.39, 0.29) is 0 Å². The molecular formula is C18H21NO2. The van der Waals surface area contributed by atoms with Gasteiger partial charge in [0.05, 0.1) is 0 Å². The van der Waals surface area contributed by atoms with Gasteiger partial charge in [-0.3, -0.25) is 4.79 Å². The van der Waals surface area contributed by atoms with Crippen LogP contribution in [0.5, 0.6) is 0 Å². The molecule has 0 saturated heterocycles. The number of nitrogens with one attached hydrogen (secondary N) is 1. The van der Waals surface area contributed by atoms with Gasteiger partial charge >= 0.3 is 5.97 Å². The maximum Gasteiger partial charge on any atom is 0.321 e. The van der Waals surface area contributed by atoms with Gasteiger partial charge in [0.25, 0.3) is 0 Å². The van der Waals surface area contributed by atoms with E-state index in [0.29, 0.717) is 13.0 Å². The smallest absolute Gasteiger partial charge is 0.321 e. The van der Waals surface area contributed by atoms with Crippen LogP contribution in [0.1, 0.15) is 22.3 Å². The zero-order chi connectivity index (χ0) is 15.2. The number of rotatable bonds is 6. The number of carboxylic acid groups (broad SMARTS) is 1. The van der Waals surface area contributed by atoms with Crippen LogP contribution in [0.25, 0.3) is 0 Å². The molecular weight excluding hydrogens is 262 g/mol. The molecule has 2 rings (SSSR count). The maximum atomic E-state index is 11.4. The summed E-state index contributed by atoms with van der Waals surface area (Å²) in [7, 11) is 0. The van der Waals surface area contributed by atoms with Crippen molar-refractivity contribution in [1.29, 1.82) is 0 Å². The summed E-state index contributed by atoms with van der Waals surface area (Å²) in [5.74, 6) is -0.816. The topological polar surface area (TPSA) is 49.3 Å². The largest absolute Gasteiger partial charge is 0.480 e. The fraction of sp³-hybridized carbons (Fsp3) is 0.278. The molecule has 0 saturated carbocycles. The predicted octanol–water partition coefficient (Wildman–Crippen LogP) is 3.09. The van der Waals surface area contributed by atoms with E-state index in [1.807, 2.05) is 44.2 Å². The highest BCUT2D eigenvalue weighted by atomic mass is 16.4. The van der Waals surface area contributed by atoms with Crippen molar-refractivity contribution in [1.82, 2.24) is 5.32 Å². The Morgan fingerprint density at radius 3 is 2.52 bits per heavy atom. The molecule has 0 aromatic heterocycles. The molecule has 110 valence electrons. The monoisotopic (exact) mass is 283 g/mol. The van der Waals surface area contributed by atoms with Crippen LogP contribution in [0.15, 0.2) is 48.5 Å². The van der Waals surface area contributed by atoms with Gasteiger partial charge in [-0.1, -0.05) is 54.1 Å². The van der Waals surface area contributed by atoms with E-state index < -0.39 is 12.0 Å². The second-order valence-electron chi connectivity index (χ2n) is 5.39. The summed E-state index contributed by atoms with van der Waals surface area (Å²) >= 11 is 0. The first-order valence-corrected chi connectivity index (χ1v) is 7.12. The zero-order valence-electron chi connectivity index (χ0n) is 12.5. The molecule has 1 atom stereocenters. The van der Waals surface area contributed by atoms with Crippen molar-refractivity contribution in [3.05, 3.63) is 70.8 Å². The minimum atomic E-state index is -0.816. The first-order valence-electron chi connectivity index (χ1n) is 7.12. The molecule has 0 amide bonds. The molecule has 2 aromatic rings. The van der Waals surface area contributed by atoms with E-state index in [2.05, 4.69) is 23.5 Å². The van der Waals surface area contributed by atoms with E-state index in [9.17, 15) is 9.90 Å². The van der Waals surface area contributed by atoms with Gasteiger partial charge < -0.3 is 10.4 Å². The number of carboxylic acids is 1. The van der Waals surface area contributed by atoms with Crippen molar-refractivity contribution in [2.24, 2.45) is 0 Å². The van der Waals surface area contributed by atoms with Crippen molar-refractivity contribution in [3.63, 3.8) is 0 Å². The van der Waals surface area contributed by atoms with Gasteiger partial charge in [-0.2, -0.15) is 0 Å². The molecule has 21 heavy (non-hydrogen) atoms. The molecule has 2 aromatic carbocycles. The Morgan fingerprint density at radius 1 is 1.14 bits per heavy atom. The van der Waals surface area contributed by atoms with Crippen LogP contribution in [-0.2, 0) is 17.8 Å². The molecule has 0 aliphatic carbocycles. The highest BCUT2D eigenvalue weighted by Crippen LogP contribution is 2.11. The van der Waals surface area contributed by atoms with Crippen LogP contribution in [0.4, 0.5) is 0 Å². The quantitative estimate of drug-likeness (QED) is 0.856. The summed E-state index contributed by atoms with van der Waals surface area (Å²) in [5.41, 5.74) is 4.54. The molecule has 0 bridgehead atoms. The highest BCUT2D eigenvalue weighted by molar-refractivity contribution is 5.73. The zero-order valence-corrected chi connectivity index (χ0v) is 12.5. The van der Waals surface area contributed by atoms with Gasteiger partial charge in [0.1, 0.15) is 6.04 Å². The van der Waals surface area contributed by atoms with Crippen molar-refractivity contribution >= 4 is 5.97 Å². The predicted molar refractivity (Wildman–Crippen MR) is 84.3 cm³/mol. The lowest BCUT2D eigenvalue weighted by Gasteiger charge is -2.16. The Bertz CT molecular complexity index is 608. The molecule has 0 aliphatic heterocycles. The van der Waals surface area contributed by atoms with Crippen LogP contribution >= 0.6 is 0 Å². The van der Waals surface area contributed by atoms with Crippen LogP contribution in [0.2, 0.25) is 0 Å².